The third-order valence-electron chi connectivity index (χ3n) is 2.92. The van der Waals surface area contributed by atoms with Crippen LogP contribution in [0.2, 0.25) is 0 Å². The Hall–Kier alpha value is -0.790. The first-order valence-electron chi connectivity index (χ1n) is 5.95. The molecule has 0 saturated heterocycles. The molecule has 0 aromatic rings. The minimum absolute atomic E-state index is 0.394. The van der Waals surface area contributed by atoms with Crippen molar-refractivity contribution < 1.29 is 9.53 Å². The largest absolute Gasteiger partial charge is 0.466 e. The van der Waals surface area contributed by atoms with E-state index in [4.69, 9.17) is 0 Å². The summed E-state index contributed by atoms with van der Waals surface area (Å²) in [6.07, 6.45) is 11.5. The zero-order valence-electron chi connectivity index (χ0n) is 10.1. The number of carbonyl (C=O) groups is 1. The van der Waals surface area contributed by atoms with Gasteiger partial charge < -0.3 is 4.74 Å². The third-order valence-corrected chi connectivity index (χ3v) is 2.92. The van der Waals surface area contributed by atoms with Crippen LogP contribution in [0.3, 0.4) is 0 Å². The van der Waals surface area contributed by atoms with Crippen molar-refractivity contribution in [2.45, 2.75) is 51.9 Å². The van der Waals surface area contributed by atoms with Gasteiger partial charge in [0.1, 0.15) is 0 Å². The Morgan fingerprint density at radius 2 is 1.87 bits per heavy atom. The van der Waals surface area contributed by atoms with Crippen LogP contribution in [0.25, 0.3) is 0 Å². The highest BCUT2D eigenvalue weighted by Gasteiger charge is 2.08. The van der Waals surface area contributed by atoms with Crippen molar-refractivity contribution in [2.24, 2.45) is 5.92 Å². The topological polar surface area (TPSA) is 26.3 Å². The Morgan fingerprint density at radius 1 is 1.33 bits per heavy atom. The fraction of sp³-hybridized carbons (Fsp3) is 0.769. The molecule has 88 valence electrons. The Balaban J connectivity index is 0.000000288. The summed E-state index contributed by atoms with van der Waals surface area (Å²) in [5.41, 5.74) is 0. The van der Waals surface area contributed by atoms with Crippen molar-refractivity contribution in [3.63, 3.8) is 0 Å². The molecule has 2 nitrogen and oxygen atoms in total. The fourth-order valence-corrected chi connectivity index (χ4v) is 1.86. The Kier molecular flexibility index (Phi) is 9.24. The van der Waals surface area contributed by atoms with Crippen LogP contribution in [-0.2, 0) is 9.53 Å². The van der Waals surface area contributed by atoms with Gasteiger partial charge in [-0.05, 0) is 5.92 Å². The first-order chi connectivity index (χ1) is 7.24. The molecule has 0 amide bonds. The van der Waals surface area contributed by atoms with Gasteiger partial charge in [0.2, 0.25) is 0 Å². The van der Waals surface area contributed by atoms with Crippen LogP contribution in [0.5, 0.6) is 0 Å². The second-order valence-electron chi connectivity index (χ2n) is 3.99. The zero-order chi connectivity index (χ0) is 11.5. The molecule has 1 aliphatic carbocycles. The van der Waals surface area contributed by atoms with Gasteiger partial charge in [0, 0.05) is 6.08 Å². The van der Waals surface area contributed by atoms with Crippen molar-refractivity contribution in [2.75, 3.05) is 7.11 Å². The van der Waals surface area contributed by atoms with Crippen molar-refractivity contribution in [3.05, 3.63) is 12.7 Å². The Morgan fingerprint density at radius 3 is 2.13 bits per heavy atom. The molecule has 0 unspecified atom stereocenters. The molecule has 1 rings (SSSR count). The van der Waals surface area contributed by atoms with Gasteiger partial charge in [-0.1, -0.05) is 58.4 Å². The van der Waals surface area contributed by atoms with E-state index in [1.807, 2.05) is 0 Å². The summed E-state index contributed by atoms with van der Waals surface area (Å²) < 4.78 is 4.14. The quantitative estimate of drug-likeness (QED) is 0.396. The molecule has 0 aromatic heterocycles. The van der Waals surface area contributed by atoms with Crippen LogP contribution in [0.15, 0.2) is 12.7 Å². The van der Waals surface area contributed by atoms with Crippen LogP contribution >= 0.6 is 0 Å². The van der Waals surface area contributed by atoms with Crippen LogP contribution in [0.1, 0.15) is 51.9 Å². The molecule has 1 aliphatic rings. The molecular weight excluding hydrogens is 188 g/mol. The summed E-state index contributed by atoms with van der Waals surface area (Å²) in [6.45, 7) is 5.49. The second kappa shape index (κ2) is 9.75. The summed E-state index contributed by atoms with van der Waals surface area (Å²) in [5.74, 6) is 0.683. The van der Waals surface area contributed by atoms with E-state index in [0.717, 1.165) is 12.0 Å². The summed E-state index contributed by atoms with van der Waals surface area (Å²) in [5, 5.41) is 0. The van der Waals surface area contributed by atoms with Crippen molar-refractivity contribution in [3.8, 4) is 0 Å². The number of carbonyl (C=O) groups excluding carboxylic acids is 1. The lowest BCUT2D eigenvalue weighted by Crippen LogP contribution is -1.94. The smallest absolute Gasteiger partial charge is 0.329 e. The van der Waals surface area contributed by atoms with Gasteiger partial charge in [0.15, 0.2) is 0 Å². The molecule has 0 bridgehead atoms. The number of methoxy groups -OCH3 is 1. The van der Waals surface area contributed by atoms with Crippen molar-refractivity contribution >= 4 is 5.97 Å². The van der Waals surface area contributed by atoms with Crippen LogP contribution in [-0.4, -0.2) is 13.1 Å². The molecule has 0 N–H and O–H groups in total. The predicted octanol–water partition coefficient (Wildman–Crippen LogP) is 3.71. The van der Waals surface area contributed by atoms with E-state index in [-0.39, 0.29) is 0 Å². The number of hydrogen-bond donors (Lipinski definition) is 0. The van der Waals surface area contributed by atoms with E-state index < -0.39 is 5.97 Å². The van der Waals surface area contributed by atoms with E-state index in [9.17, 15) is 4.79 Å². The van der Waals surface area contributed by atoms with Crippen molar-refractivity contribution in [1.29, 1.82) is 0 Å². The molecule has 15 heavy (non-hydrogen) atoms. The second-order valence-corrected chi connectivity index (χ2v) is 3.99. The van der Waals surface area contributed by atoms with E-state index in [1.165, 1.54) is 52.1 Å². The Labute approximate surface area is 93.7 Å². The maximum absolute atomic E-state index is 9.84. The maximum atomic E-state index is 9.84. The minimum atomic E-state index is -0.394. The van der Waals surface area contributed by atoms with Crippen molar-refractivity contribution in [1.82, 2.24) is 0 Å². The molecule has 0 radical (unpaired) electrons. The monoisotopic (exact) mass is 212 g/mol. The molecule has 0 spiro atoms. The lowest BCUT2D eigenvalue weighted by molar-refractivity contribution is -0.134. The molecule has 0 heterocycles. The highest BCUT2D eigenvalue weighted by Crippen LogP contribution is 2.24. The molecule has 0 atom stereocenters. The lowest BCUT2D eigenvalue weighted by atomic mass is 9.98. The minimum Gasteiger partial charge on any atom is -0.466 e. The fourth-order valence-electron chi connectivity index (χ4n) is 1.86. The first-order valence-corrected chi connectivity index (χ1v) is 5.95. The summed E-state index contributed by atoms with van der Waals surface area (Å²) >= 11 is 0. The number of esters is 1. The lowest BCUT2D eigenvalue weighted by Gasteiger charge is -2.08. The average Bonchev–Trinajstić information content (AvgIpc) is 2.56. The van der Waals surface area contributed by atoms with Gasteiger partial charge in [-0.2, -0.15) is 0 Å². The Bertz CT molecular complexity index is 167. The van der Waals surface area contributed by atoms with Gasteiger partial charge in [0.25, 0.3) is 0 Å². The van der Waals surface area contributed by atoms with E-state index in [1.54, 1.807) is 0 Å². The standard InChI is InChI=1S/C9H18.C4H6O2/c1-2-9-7-5-3-4-6-8-9;1-3-4(5)6-2/h9H,2-8H2,1H3;3H,1H2,2H3. The van der Waals surface area contributed by atoms with Crippen LogP contribution in [0.4, 0.5) is 0 Å². The predicted molar refractivity (Wildman–Crippen MR) is 63.7 cm³/mol. The number of rotatable bonds is 2. The van der Waals surface area contributed by atoms with Gasteiger partial charge >= 0.3 is 5.97 Å². The van der Waals surface area contributed by atoms with Gasteiger partial charge in [-0.15, -0.1) is 0 Å². The molecule has 2 heteroatoms. The highest BCUT2D eigenvalue weighted by molar-refractivity contribution is 5.80. The molecular formula is C13H24O2. The van der Waals surface area contributed by atoms with Gasteiger partial charge in [-0.3, -0.25) is 0 Å². The van der Waals surface area contributed by atoms with Crippen LogP contribution in [0, 0.1) is 5.92 Å². The zero-order valence-corrected chi connectivity index (χ0v) is 10.1. The highest BCUT2D eigenvalue weighted by atomic mass is 16.5. The first kappa shape index (κ1) is 14.2. The van der Waals surface area contributed by atoms with E-state index in [2.05, 4.69) is 18.2 Å². The summed E-state index contributed by atoms with van der Waals surface area (Å²) in [6, 6.07) is 0. The van der Waals surface area contributed by atoms with E-state index >= 15 is 0 Å². The maximum Gasteiger partial charge on any atom is 0.329 e. The average molecular weight is 212 g/mol. The SMILES string of the molecule is C=CC(=O)OC.CCC1CCCCCC1. The van der Waals surface area contributed by atoms with E-state index in [0.29, 0.717) is 0 Å². The molecule has 0 aromatic carbocycles. The van der Waals surface area contributed by atoms with Gasteiger partial charge in [-0.25, -0.2) is 4.79 Å². The molecule has 1 saturated carbocycles. The third kappa shape index (κ3) is 8.22. The molecule has 1 fully saturated rings. The molecule has 0 aliphatic heterocycles. The summed E-state index contributed by atoms with van der Waals surface area (Å²) in [7, 11) is 1.31. The summed E-state index contributed by atoms with van der Waals surface area (Å²) in [4.78, 5) is 9.84. The number of ether oxygens (including phenoxy) is 1. The normalized spacial score (nSPS) is 16.9. The number of hydrogen-bond acceptors (Lipinski definition) is 2. The van der Waals surface area contributed by atoms with Crippen LogP contribution < -0.4 is 0 Å². The van der Waals surface area contributed by atoms with Gasteiger partial charge in [0.05, 0.1) is 7.11 Å².